The van der Waals surface area contributed by atoms with Gasteiger partial charge in [-0.25, -0.2) is 0 Å². The molecule has 4 aliphatic rings. The minimum Gasteiger partial charge on any atom is -0.289 e. The molecule has 0 radical (unpaired) electrons. The summed E-state index contributed by atoms with van der Waals surface area (Å²) >= 11 is 0. The molecule has 2 nitrogen and oxygen atoms in total. The molecule has 0 aromatic heterocycles. The summed E-state index contributed by atoms with van der Waals surface area (Å²) < 4.78 is 0. The Bertz CT molecular complexity index is 3590. The van der Waals surface area contributed by atoms with Crippen LogP contribution in [0.25, 0.3) is 22.3 Å². The molecule has 2 heteroatoms. The molecule has 0 heterocycles. The zero-order valence-corrected chi connectivity index (χ0v) is 38.2. The van der Waals surface area contributed by atoms with Crippen LogP contribution in [0.4, 0.5) is 0 Å². The van der Waals surface area contributed by atoms with Crippen molar-refractivity contribution in [3.63, 3.8) is 0 Å². The lowest BCUT2D eigenvalue weighted by Crippen LogP contribution is -2.39. The van der Waals surface area contributed by atoms with Crippen LogP contribution < -0.4 is 0 Å². The molecular formula is C65H64O2. The Morgan fingerprint density at radius 1 is 0.388 bits per heavy atom. The van der Waals surface area contributed by atoms with Crippen LogP contribution in [0.3, 0.4) is 0 Å². The molecule has 0 saturated heterocycles. The highest BCUT2D eigenvalue weighted by Crippen LogP contribution is 2.59. The first-order valence-corrected chi connectivity index (χ1v) is 23.7. The van der Waals surface area contributed by atoms with Crippen molar-refractivity contribution in [1.82, 2.24) is 0 Å². The highest BCUT2D eigenvalue weighted by atomic mass is 16.1. The maximum atomic E-state index is 15.4. The van der Waals surface area contributed by atoms with E-state index in [1.54, 1.807) is 0 Å². The summed E-state index contributed by atoms with van der Waals surface area (Å²) in [5.41, 5.74) is 22.0. The van der Waals surface area contributed by atoms with E-state index in [0.717, 1.165) is 27.8 Å². The minimum atomic E-state index is -0.716. The molecule has 0 fully saturated rings. The number of hydrogen-bond acceptors (Lipinski definition) is 2. The average Bonchev–Trinajstić information content (AvgIpc) is 3.74. The van der Waals surface area contributed by atoms with E-state index in [1.807, 2.05) is 18.2 Å². The van der Waals surface area contributed by atoms with Crippen molar-refractivity contribution in [3.8, 4) is 22.3 Å². The number of fused-ring (bicyclic) bond motifs is 10. The Labute approximate surface area is 404 Å². The fourth-order valence-electron chi connectivity index (χ4n) is 12.9. The van der Waals surface area contributed by atoms with Crippen LogP contribution in [0.2, 0.25) is 0 Å². The maximum Gasteiger partial charge on any atom is 0.193 e. The lowest BCUT2D eigenvalue weighted by molar-refractivity contribution is 0.103. The third-order valence-electron chi connectivity index (χ3n) is 16.1. The SMILES string of the molecule is CC1(C)c2ccccc2-c2ccc(C(=O)c3ccc4c(c3)Cc3cc(C(=O)c5ccc6c(c5)C(C)(C)c5ccccc5-6)cc5c3C4c3ccccc3C5(c3ccccc3)c3ccccc3)cc21.[HH].[HH].[HH].[HH].[HH].[HH].[HH].[HH]. The highest BCUT2D eigenvalue weighted by molar-refractivity contribution is 6.11. The van der Waals surface area contributed by atoms with Crippen LogP contribution >= 0.6 is 0 Å². The number of carbonyl (C=O) groups is 2. The topological polar surface area (TPSA) is 34.1 Å². The van der Waals surface area contributed by atoms with Crippen molar-refractivity contribution in [1.29, 1.82) is 0 Å². The second kappa shape index (κ2) is 14.2. The Morgan fingerprint density at radius 3 is 1.40 bits per heavy atom. The average molecular weight is 877 g/mol. The molecule has 336 valence electrons. The smallest absolute Gasteiger partial charge is 0.193 e. The Balaban J connectivity index is 0.00000130. The van der Waals surface area contributed by atoms with Gasteiger partial charge >= 0.3 is 0 Å². The highest BCUT2D eigenvalue weighted by Gasteiger charge is 2.49. The van der Waals surface area contributed by atoms with Crippen molar-refractivity contribution in [2.24, 2.45) is 0 Å². The van der Waals surface area contributed by atoms with Crippen LogP contribution in [-0.2, 0) is 22.7 Å². The molecule has 0 amide bonds. The summed E-state index contributed by atoms with van der Waals surface area (Å²) in [5.74, 6) is -0.0708. The number of rotatable bonds is 6. The Hall–Kier alpha value is -7.68. The molecule has 1 atom stereocenters. The quantitative estimate of drug-likeness (QED) is 0.156. The normalized spacial score (nSPS) is 16.6. The zero-order chi connectivity index (χ0) is 45.4. The standard InChI is InChI=1S/C65H48O2.8H2/c1-63(2)53-24-14-11-21-48(53)50-31-28-40(36-56(50)63)61(66)39-27-30-47-42(33-39)34-43-35-44(62(67)41-29-32-51-49-22-12-15-25-54(49)64(3,4)57(51)37-41)38-58-59(43)60(47)52-23-13-16-26-55(52)65(58,45-17-7-5-8-18-45)46-19-9-6-10-20-46;;;;;;;;/h5-33,35-38,60H,34H2,1-4H3;8*1H. The van der Waals surface area contributed by atoms with E-state index in [9.17, 15) is 4.79 Å². The van der Waals surface area contributed by atoms with Gasteiger partial charge in [0.2, 0.25) is 0 Å². The molecule has 13 rings (SSSR count). The van der Waals surface area contributed by atoms with E-state index in [0.29, 0.717) is 28.7 Å². The van der Waals surface area contributed by atoms with Crippen LogP contribution in [0.5, 0.6) is 0 Å². The number of carbonyl (C=O) groups excluding carboxylic acids is 2. The number of ketones is 2. The molecule has 0 aliphatic heterocycles. The van der Waals surface area contributed by atoms with Gasteiger partial charge in [0.05, 0.1) is 5.41 Å². The second-order valence-electron chi connectivity index (χ2n) is 20.2. The molecule has 0 saturated carbocycles. The Morgan fingerprint density at radius 2 is 0.821 bits per heavy atom. The van der Waals surface area contributed by atoms with Gasteiger partial charge in [0.1, 0.15) is 0 Å². The van der Waals surface area contributed by atoms with Crippen LogP contribution in [-0.4, -0.2) is 11.6 Å². The van der Waals surface area contributed by atoms with E-state index in [1.165, 1.54) is 66.8 Å². The molecular weight excluding hydrogens is 813 g/mol. The van der Waals surface area contributed by atoms with Gasteiger partial charge in [-0.3, -0.25) is 9.59 Å². The van der Waals surface area contributed by atoms with Crippen molar-refractivity contribution in [2.45, 2.75) is 56.3 Å². The first kappa shape index (κ1) is 39.7. The van der Waals surface area contributed by atoms with E-state index in [4.69, 9.17) is 0 Å². The maximum absolute atomic E-state index is 15.4. The lowest BCUT2D eigenvalue weighted by atomic mass is 9.54. The molecule has 0 N–H and O–H groups in total. The molecule has 67 heavy (non-hydrogen) atoms. The number of benzene rings is 9. The van der Waals surface area contributed by atoms with Crippen molar-refractivity contribution in [2.75, 3.05) is 0 Å². The van der Waals surface area contributed by atoms with E-state index < -0.39 is 5.41 Å². The molecule has 0 spiro atoms. The molecule has 1 unspecified atom stereocenters. The van der Waals surface area contributed by atoms with Crippen molar-refractivity contribution >= 4 is 11.6 Å². The van der Waals surface area contributed by atoms with Gasteiger partial charge in [0.15, 0.2) is 11.6 Å². The summed E-state index contributed by atoms with van der Waals surface area (Å²) in [7, 11) is 0. The van der Waals surface area contributed by atoms with Gasteiger partial charge in [-0.15, -0.1) is 0 Å². The van der Waals surface area contributed by atoms with Gasteiger partial charge in [-0.05, 0) is 131 Å². The fourth-order valence-corrected chi connectivity index (χ4v) is 12.9. The van der Waals surface area contributed by atoms with Gasteiger partial charge < -0.3 is 0 Å². The van der Waals surface area contributed by atoms with E-state index in [2.05, 4.69) is 210 Å². The first-order valence-electron chi connectivity index (χ1n) is 23.7. The van der Waals surface area contributed by atoms with Crippen LogP contribution in [0.15, 0.2) is 200 Å². The fraction of sp³-hybridized carbons (Fsp3) is 0.138. The Kier molecular flexibility index (Phi) is 8.38. The van der Waals surface area contributed by atoms with Gasteiger partial charge in [-0.1, -0.05) is 198 Å². The molecule has 9 aromatic carbocycles. The van der Waals surface area contributed by atoms with Crippen molar-refractivity contribution < 1.29 is 21.0 Å². The third-order valence-corrected chi connectivity index (χ3v) is 16.1. The predicted molar refractivity (Wildman–Crippen MR) is 287 cm³/mol. The summed E-state index contributed by atoms with van der Waals surface area (Å²) in [6.07, 6.45) is 0.595. The molecule has 4 aliphatic carbocycles. The lowest BCUT2D eigenvalue weighted by Gasteiger charge is -2.47. The monoisotopic (exact) mass is 876 g/mol. The first-order chi connectivity index (χ1) is 32.6. The minimum absolute atomic E-state index is 0. The molecule has 0 bridgehead atoms. The van der Waals surface area contributed by atoms with Crippen molar-refractivity contribution in [3.05, 3.63) is 295 Å². The predicted octanol–water partition coefficient (Wildman–Crippen LogP) is 16.5. The van der Waals surface area contributed by atoms with Crippen LogP contribution in [0, 0.1) is 0 Å². The third kappa shape index (κ3) is 5.45. The molecule has 9 aromatic rings. The van der Waals surface area contributed by atoms with Gasteiger partial charge in [-0.2, -0.15) is 0 Å². The summed E-state index contributed by atoms with van der Waals surface area (Å²) in [6.45, 7) is 9.04. The van der Waals surface area contributed by atoms with E-state index in [-0.39, 0.29) is 39.7 Å². The summed E-state index contributed by atoms with van der Waals surface area (Å²) in [5, 5.41) is 0. The zero-order valence-electron chi connectivity index (χ0n) is 38.2. The van der Waals surface area contributed by atoms with Crippen LogP contribution in [0.1, 0.15) is 149 Å². The van der Waals surface area contributed by atoms with Gasteiger partial charge in [0.25, 0.3) is 0 Å². The van der Waals surface area contributed by atoms with Gasteiger partial charge in [0, 0.05) is 50.4 Å². The number of hydrogen-bond donors (Lipinski definition) is 0. The summed E-state index contributed by atoms with van der Waals surface area (Å²) in [4.78, 5) is 30.1. The second-order valence-corrected chi connectivity index (χ2v) is 20.2. The largest absolute Gasteiger partial charge is 0.289 e. The van der Waals surface area contributed by atoms with E-state index >= 15 is 4.79 Å². The summed E-state index contributed by atoms with van der Waals surface area (Å²) in [6, 6.07) is 71.2.